The van der Waals surface area contributed by atoms with Crippen LogP contribution < -0.4 is 10.6 Å². The molecule has 0 spiro atoms. The summed E-state index contributed by atoms with van der Waals surface area (Å²) in [5.74, 6) is -1.47. The van der Waals surface area contributed by atoms with Gasteiger partial charge in [0.15, 0.2) is 0 Å². The molecule has 126 valence electrons. The third kappa shape index (κ3) is 4.41. The summed E-state index contributed by atoms with van der Waals surface area (Å²) in [7, 11) is 0. The van der Waals surface area contributed by atoms with Gasteiger partial charge in [0.25, 0.3) is 0 Å². The normalized spacial score (nSPS) is 10.3. The minimum atomic E-state index is -0.666. The highest BCUT2D eigenvalue weighted by Gasteiger charge is 2.09. The fourth-order valence-electron chi connectivity index (χ4n) is 2.38. The lowest BCUT2D eigenvalue weighted by atomic mass is 10.1. The number of benzene rings is 3. The Bertz CT molecular complexity index is 844. The second kappa shape index (κ2) is 7.57. The minimum absolute atomic E-state index is 0.132. The van der Waals surface area contributed by atoms with Crippen molar-refractivity contribution in [1.82, 2.24) is 0 Å². The van der Waals surface area contributed by atoms with E-state index in [0.717, 1.165) is 5.56 Å². The SMILES string of the molecule is O=C(Cc1ccccc1)Nc1ccc(Nc2c(F)cccc2F)cc1. The third-order valence-corrected chi connectivity index (χ3v) is 3.61. The van der Waals surface area contributed by atoms with Crippen LogP contribution in [0.3, 0.4) is 0 Å². The van der Waals surface area contributed by atoms with Crippen LogP contribution in [-0.2, 0) is 11.2 Å². The molecule has 0 saturated carbocycles. The fraction of sp³-hybridized carbons (Fsp3) is 0.0500. The summed E-state index contributed by atoms with van der Waals surface area (Å²) in [6.45, 7) is 0. The van der Waals surface area contributed by atoms with Crippen molar-refractivity contribution in [2.75, 3.05) is 10.6 Å². The van der Waals surface area contributed by atoms with Crippen molar-refractivity contribution < 1.29 is 13.6 Å². The zero-order chi connectivity index (χ0) is 17.6. The molecule has 5 heteroatoms. The Labute approximate surface area is 144 Å². The van der Waals surface area contributed by atoms with E-state index in [4.69, 9.17) is 0 Å². The Hall–Kier alpha value is -3.21. The predicted octanol–water partition coefficient (Wildman–Crippen LogP) is 4.89. The minimum Gasteiger partial charge on any atom is -0.351 e. The largest absolute Gasteiger partial charge is 0.351 e. The van der Waals surface area contributed by atoms with Crippen molar-refractivity contribution >= 4 is 23.0 Å². The molecule has 25 heavy (non-hydrogen) atoms. The molecule has 0 aliphatic heterocycles. The van der Waals surface area contributed by atoms with Gasteiger partial charge in [-0.15, -0.1) is 0 Å². The molecular weight excluding hydrogens is 322 g/mol. The Balaban J connectivity index is 1.63. The number of amides is 1. The maximum atomic E-state index is 13.6. The Morgan fingerprint density at radius 3 is 2.00 bits per heavy atom. The van der Waals surface area contributed by atoms with Crippen molar-refractivity contribution in [2.45, 2.75) is 6.42 Å². The van der Waals surface area contributed by atoms with Crippen molar-refractivity contribution in [2.24, 2.45) is 0 Å². The highest BCUT2D eigenvalue weighted by Crippen LogP contribution is 2.24. The number of hydrogen-bond acceptors (Lipinski definition) is 2. The summed E-state index contributed by atoms with van der Waals surface area (Å²) >= 11 is 0. The van der Waals surface area contributed by atoms with Gasteiger partial charge in [-0.1, -0.05) is 36.4 Å². The van der Waals surface area contributed by atoms with E-state index in [0.29, 0.717) is 11.4 Å². The average molecular weight is 338 g/mol. The van der Waals surface area contributed by atoms with E-state index in [1.165, 1.54) is 18.2 Å². The van der Waals surface area contributed by atoms with Crippen LogP contribution in [0.4, 0.5) is 25.8 Å². The molecule has 0 aliphatic carbocycles. The molecule has 0 heterocycles. The summed E-state index contributed by atoms with van der Waals surface area (Å²) < 4.78 is 27.3. The number of carbonyl (C=O) groups is 1. The van der Waals surface area contributed by atoms with Crippen molar-refractivity contribution in [3.05, 3.63) is 90.0 Å². The lowest BCUT2D eigenvalue weighted by molar-refractivity contribution is -0.115. The van der Waals surface area contributed by atoms with Crippen molar-refractivity contribution in [3.63, 3.8) is 0 Å². The van der Waals surface area contributed by atoms with Crippen LogP contribution in [0.2, 0.25) is 0 Å². The van der Waals surface area contributed by atoms with Crippen molar-refractivity contribution in [3.8, 4) is 0 Å². The van der Waals surface area contributed by atoms with Gasteiger partial charge < -0.3 is 10.6 Å². The van der Waals surface area contributed by atoms with Crippen LogP contribution in [-0.4, -0.2) is 5.91 Å². The lowest BCUT2D eigenvalue weighted by Gasteiger charge is -2.10. The number of carbonyl (C=O) groups excluding carboxylic acids is 1. The highest BCUT2D eigenvalue weighted by atomic mass is 19.1. The Morgan fingerprint density at radius 1 is 0.760 bits per heavy atom. The smallest absolute Gasteiger partial charge is 0.228 e. The van der Waals surface area contributed by atoms with Gasteiger partial charge in [0.1, 0.15) is 17.3 Å². The van der Waals surface area contributed by atoms with Gasteiger partial charge >= 0.3 is 0 Å². The van der Waals surface area contributed by atoms with E-state index in [2.05, 4.69) is 10.6 Å². The third-order valence-electron chi connectivity index (χ3n) is 3.61. The van der Waals surface area contributed by atoms with E-state index in [1.54, 1.807) is 24.3 Å². The molecule has 1 amide bonds. The molecule has 0 radical (unpaired) electrons. The molecule has 3 aromatic rings. The zero-order valence-electron chi connectivity index (χ0n) is 13.3. The van der Waals surface area contributed by atoms with E-state index >= 15 is 0 Å². The zero-order valence-corrected chi connectivity index (χ0v) is 13.3. The molecule has 0 unspecified atom stereocenters. The maximum absolute atomic E-state index is 13.6. The lowest BCUT2D eigenvalue weighted by Crippen LogP contribution is -2.14. The van der Waals surface area contributed by atoms with Crippen LogP contribution >= 0.6 is 0 Å². The van der Waals surface area contributed by atoms with Gasteiger partial charge in [-0.2, -0.15) is 0 Å². The number of halogens is 2. The molecule has 0 saturated heterocycles. The highest BCUT2D eigenvalue weighted by molar-refractivity contribution is 5.92. The van der Waals surface area contributed by atoms with E-state index in [1.807, 2.05) is 30.3 Å². The first-order valence-electron chi connectivity index (χ1n) is 7.77. The van der Waals surface area contributed by atoms with Crippen LogP contribution in [0.25, 0.3) is 0 Å². The van der Waals surface area contributed by atoms with Gasteiger partial charge in [0, 0.05) is 11.4 Å². The molecule has 0 atom stereocenters. The van der Waals surface area contributed by atoms with Gasteiger partial charge in [0.05, 0.1) is 6.42 Å². The van der Waals surface area contributed by atoms with Crippen LogP contribution in [0, 0.1) is 11.6 Å². The average Bonchev–Trinajstić information content (AvgIpc) is 2.60. The number of hydrogen-bond donors (Lipinski definition) is 2. The molecule has 0 fully saturated rings. The molecule has 0 aliphatic rings. The van der Waals surface area contributed by atoms with Crippen LogP contribution in [0.15, 0.2) is 72.8 Å². The summed E-state index contributed by atoms with van der Waals surface area (Å²) in [5.41, 5.74) is 1.85. The summed E-state index contributed by atoms with van der Waals surface area (Å²) in [5, 5.41) is 5.49. The molecular formula is C20H16F2N2O. The van der Waals surface area contributed by atoms with E-state index in [-0.39, 0.29) is 18.0 Å². The number of para-hydroxylation sites is 1. The summed E-state index contributed by atoms with van der Waals surface area (Å²) in [6, 6.07) is 19.7. The monoisotopic (exact) mass is 338 g/mol. The van der Waals surface area contributed by atoms with E-state index in [9.17, 15) is 13.6 Å². The molecule has 0 aromatic heterocycles. The van der Waals surface area contributed by atoms with Crippen LogP contribution in [0.5, 0.6) is 0 Å². The maximum Gasteiger partial charge on any atom is 0.228 e. The topological polar surface area (TPSA) is 41.1 Å². The van der Waals surface area contributed by atoms with Crippen LogP contribution in [0.1, 0.15) is 5.56 Å². The first-order chi connectivity index (χ1) is 12.1. The fourth-order valence-corrected chi connectivity index (χ4v) is 2.38. The quantitative estimate of drug-likeness (QED) is 0.695. The van der Waals surface area contributed by atoms with Gasteiger partial charge in [-0.3, -0.25) is 4.79 Å². The van der Waals surface area contributed by atoms with Gasteiger partial charge in [-0.05, 0) is 42.0 Å². The van der Waals surface area contributed by atoms with Gasteiger partial charge in [-0.25, -0.2) is 8.78 Å². The number of nitrogens with one attached hydrogen (secondary N) is 2. The Morgan fingerprint density at radius 2 is 1.36 bits per heavy atom. The second-order valence-electron chi connectivity index (χ2n) is 5.51. The van der Waals surface area contributed by atoms with E-state index < -0.39 is 11.6 Å². The molecule has 0 bridgehead atoms. The molecule has 3 aromatic carbocycles. The first-order valence-corrected chi connectivity index (χ1v) is 7.77. The molecule has 3 nitrogen and oxygen atoms in total. The van der Waals surface area contributed by atoms with Gasteiger partial charge in [0.2, 0.25) is 5.91 Å². The molecule has 3 rings (SSSR count). The Kier molecular flexibility index (Phi) is 5.04. The predicted molar refractivity (Wildman–Crippen MR) is 94.9 cm³/mol. The second-order valence-corrected chi connectivity index (χ2v) is 5.51. The van der Waals surface area contributed by atoms with Crippen molar-refractivity contribution in [1.29, 1.82) is 0 Å². The number of rotatable bonds is 5. The summed E-state index contributed by atoms with van der Waals surface area (Å²) in [6.07, 6.45) is 0.279. The summed E-state index contributed by atoms with van der Waals surface area (Å²) in [4.78, 5) is 12.0. The number of anilines is 3. The first kappa shape index (κ1) is 16.6. The molecule has 2 N–H and O–H groups in total. The standard InChI is InChI=1S/C20H16F2N2O/c21-17-7-4-8-18(22)20(17)24-16-11-9-15(10-12-16)23-19(25)13-14-5-2-1-3-6-14/h1-12,24H,13H2,(H,23,25).